The minimum absolute atomic E-state index is 0.0655. The molecule has 0 radical (unpaired) electrons. The molecule has 3 rings (SSSR count). The number of aromatic nitrogens is 1. The van der Waals surface area contributed by atoms with Crippen molar-refractivity contribution in [3.8, 4) is 11.5 Å². The number of fused-ring (bicyclic) bond motifs is 1. The minimum atomic E-state index is -1.20. The molecule has 5 nitrogen and oxygen atoms in total. The Morgan fingerprint density at radius 3 is 2.57 bits per heavy atom. The van der Waals surface area contributed by atoms with Crippen LogP contribution in [0.3, 0.4) is 0 Å². The molecular formula is C16H11Cl2NO4. The Labute approximate surface area is 140 Å². The van der Waals surface area contributed by atoms with Crippen LogP contribution >= 0.6 is 23.2 Å². The average molecular weight is 352 g/mol. The number of aromatic carboxylic acids is 1. The smallest absolute Gasteiger partial charge is 0.339 e. The number of halogens is 2. The monoisotopic (exact) mass is 351 g/mol. The highest BCUT2D eigenvalue weighted by Crippen LogP contribution is 2.33. The lowest BCUT2D eigenvalue weighted by Gasteiger charge is -2.10. The second kappa shape index (κ2) is 5.68. The van der Waals surface area contributed by atoms with E-state index < -0.39 is 5.97 Å². The largest absolute Gasteiger partial charge is 0.507 e. The molecule has 0 aliphatic carbocycles. The van der Waals surface area contributed by atoms with E-state index >= 15 is 0 Å². The summed E-state index contributed by atoms with van der Waals surface area (Å²) >= 11 is 11.9. The molecule has 7 heteroatoms. The van der Waals surface area contributed by atoms with Gasteiger partial charge in [-0.15, -0.1) is 0 Å². The van der Waals surface area contributed by atoms with Crippen LogP contribution in [0.2, 0.25) is 10.0 Å². The fourth-order valence-electron chi connectivity index (χ4n) is 2.46. The molecule has 0 bridgehead atoms. The molecule has 0 aliphatic heterocycles. The zero-order chi connectivity index (χ0) is 16.7. The molecule has 1 heterocycles. The lowest BCUT2D eigenvalue weighted by Crippen LogP contribution is -2.00. The van der Waals surface area contributed by atoms with Crippen molar-refractivity contribution in [2.45, 2.75) is 6.54 Å². The minimum Gasteiger partial charge on any atom is -0.507 e. The molecule has 23 heavy (non-hydrogen) atoms. The van der Waals surface area contributed by atoms with E-state index in [0.29, 0.717) is 21.5 Å². The number of benzene rings is 2. The van der Waals surface area contributed by atoms with Crippen molar-refractivity contribution in [1.29, 1.82) is 0 Å². The van der Waals surface area contributed by atoms with Crippen LogP contribution in [-0.2, 0) is 6.54 Å². The summed E-state index contributed by atoms with van der Waals surface area (Å²) in [5, 5.41) is 30.1. The predicted molar refractivity (Wildman–Crippen MR) is 87.8 cm³/mol. The van der Waals surface area contributed by atoms with Crippen LogP contribution in [0.15, 0.2) is 36.5 Å². The van der Waals surface area contributed by atoms with Crippen molar-refractivity contribution in [2.75, 3.05) is 0 Å². The van der Waals surface area contributed by atoms with Gasteiger partial charge in [0.05, 0.1) is 17.1 Å². The van der Waals surface area contributed by atoms with Crippen LogP contribution in [0.1, 0.15) is 15.9 Å². The Morgan fingerprint density at radius 1 is 1.13 bits per heavy atom. The number of hydrogen-bond donors (Lipinski definition) is 3. The number of aromatic hydroxyl groups is 2. The van der Waals surface area contributed by atoms with Crippen molar-refractivity contribution in [2.24, 2.45) is 0 Å². The van der Waals surface area contributed by atoms with E-state index in [1.165, 1.54) is 18.2 Å². The fourth-order valence-corrected chi connectivity index (χ4v) is 2.99. The average Bonchev–Trinajstić information content (AvgIpc) is 2.85. The van der Waals surface area contributed by atoms with Crippen LogP contribution in [0.5, 0.6) is 11.5 Å². The zero-order valence-electron chi connectivity index (χ0n) is 11.6. The SMILES string of the molecule is O=C(O)c1cc2ccn(Cc3cc(Cl)cc(Cl)c3O)c2cc1O. The second-order valence-electron chi connectivity index (χ2n) is 5.07. The molecule has 3 N–H and O–H groups in total. The lowest BCUT2D eigenvalue weighted by molar-refractivity contribution is 0.0694. The van der Waals surface area contributed by atoms with E-state index in [2.05, 4.69) is 0 Å². The predicted octanol–water partition coefficient (Wildman–Crippen LogP) is 4.11. The first-order valence-corrected chi connectivity index (χ1v) is 7.34. The first-order valence-electron chi connectivity index (χ1n) is 6.59. The molecule has 0 fully saturated rings. The van der Waals surface area contributed by atoms with Crippen molar-refractivity contribution >= 4 is 40.1 Å². The number of hydrogen-bond acceptors (Lipinski definition) is 3. The summed E-state index contributed by atoms with van der Waals surface area (Å²) < 4.78 is 1.75. The van der Waals surface area contributed by atoms with Crippen molar-refractivity contribution in [3.05, 3.63) is 57.7 Å². The van der Waals surface area contributed by atoms with E-state index in [0.717, 1.165) is 0 Å². The van der Waals surface area contributed by atoms with Crippen molar-refractivity contribution < 1.29 is 20.1 Å². The standard InChI is InChI=1S/C16H11Cl2NO4/c17-10-3-9(15(21)12(18)5-10)7-19-2-1-8-4-11(16(22)23)14(20)6-13(8)19/h1-6,20-21H,7H2,(H,22,23). The van der Waals surface area contributed by atoms with E-state index in [9.17, 15) is 15.0 Å². The van der Waals surface area contributed by atoms with Gasteiger partial charge in [0.25, 0.3) is 0 Å². The van der Waals surface area contributed by atoms with E-state index in [1.807, 2.05) is 0 Å². The molecule has 0 saturated carbocycles. The summed E-state index contributed by atoms with van der Waals surface area (Å²) in [6.07, 6.45) is 1.73. The number of carboxylic acid groups (broad SMARTS) is 1. The maximum absolute atomic E-state index is 11.1. The van der Waals surface area contributed by atoms with Crippen LogP contribution in [-0.4, -0.2) is 25.9 Å². The fraction of sp³-hybridized carbons (Fsp3) is 0.0625. The third-order valence-corrected chi connectivity index (χ3v) is 4.07. The molecule has 0 amide bonds. The summed E-state index contributed by atoms with van der Waals surface area (Å²) in [4.78, 5) is 11.1. The van der Waals surface area contributed by atoms with Gasteiger partial charge in [0.1, 0.15) is 17.1 Å². The maximum Gasteiger partial charge on any atom is 0.339 e. The summed E-state index contributed by atoms with van der Waals surface area (Å²) in [6, 6.07) is 7.54. The van der Waals surface area contributed by atoms with Gasteiger partial charge in [-0.3, -0.25) is 0 Å². The first-order chi connectivity index (χ1) is 10.9. The molecule has 0 saturated heterocycles. The Morgan fingerprint density at radius 2 is 1.87 bits per heavy atom. The van der Waals surface area contributed by atoms with Gasteiger partial charge < -0.3 is 19.9 Å². The van der Waals surface area contributed by atoms with E-state index in [-0.39, 0.29) is 28.6 Å². The Bertz CT molecular complexity index is 933. The van der Waals surface area contributed by atoms with Gasteiger partial charge in [-0.25, -0.2) is 4.79 Å². The van der Waals surface area contributed by atoms with Crippen LogP contribution < -0.4 is 0 Å². The topological polar surface area (TPSA) is 82.7 Å². The molecule has 0 atom stereocenters. The highest BCUT2D eigenvalue weighted by atomic mass is 35.5. The van der Waals surface area contributed by atoms with Crippen molar-refractivity contribution in [1.82, 2.24) is 4.57 Å². The second-order valence-corrected chi connectivity index (χ2v) is 5.92. The van der Waals surface area contributed by atoms with Crippen LogP contribution in [0.4, 0.5) is 0 Å². The molecular weight excluding hydrogens is 341 g/mol. The number of phenols is 2. The van der Waals surface area contributed by atoms with Crippen molar-refractivity contribution in [3.63, 3.8) is 0 Å². The summed E-state index contributed by atoms with van der Waals surface area (Å²) in [5.41, 5.74) is 0.980. The number of nitrogens with zero attached hydrogens (tertiary/aromatic N) is 1. The van der Waals surface area contributed by atoms with Gasteiger partial charge in [0, 0.05) is 28.2 Å². The molecule has 0 aliphatic rings. The molecule has 2 aromatic carbocycles. The third-order valence-electron chi connectivity index (χ3n) is 3.57. The van der Waals surface area contributed by atoms with Gasteiger partial charge in [-0.1, -0.05) is 23.2 Å². The van der Waals surface area contributed by atoms with Crippen LogP contribution in [0.25, 0.3) is 10.9 Å². The molecule has 118 valence electrons. The van der Waals surface area contributed by atoms with Gasteiger partial charge in [0.2, 0.25) is 0 Å². The highest BCUT2D eigenvalue weighted by molar-refractivity contribution is 6.35. The van der Waals surface area contributed by atoms with Gasteiger partial charge in [0.15, 0.2) is 0 Å². The van der Waals surface area contributed by atoms with Gasteiger partial charge in [-0.2, -0.15) is 0 Å². The summed E-state index contributed by atoms with van der Waals surface area (Å²) in [7, 11) is 0. The Hall–Kier alpha value is -2.37. The Balaban J connectivity index is 2.08. The molecule has 0 spiro atoms. The number of rotatable bonds is 3. The number of carboxylic acids is 1. The molecule has 0 unspecified atom stereocenters. The summed E-state index contributed by atoms with van der Waals surface area (Å²) in [6.45, 7) is 0.265. The molecule has 1 aromatic heterocycles. The van der Waals surface area contributed by atoms with Gasteiger partial charge >= 0.3 is 5.97 Å². The summed E-state index contributed by atoms with van der Waals surface area (Å²) in [5.74, 6) is -1.58. The maximum atomic E-state index is 11.1. The molecule has 3 aromatic rings. The van der Waals surface area contributed by atoms with E-state index in [1.54, 1.807) is 22.9 Å². The van der Waals surface area contributed by atoms with E-state index in [4.69, 9.17) is 28.3 Å². The third kappa shape index (κ3) is 2.81. The number of carbonyl (C=O) groups is 1. The normalized spacial score (nSPS) is 11.0. The van der Waals surface area contributed by atoms with Gasteiger partial charge in [-0.05, 0) is 24.3 Å². The lowest BCUT2D eigenvalue weighted by atomic mass is 10.1. The first kappa shape index (κ1) is 15.5. The quantitative estimate of drug-likeness (QED) is 0.663. The Kier molecular flexibility index (Phi) is 3.83. The highest BCUT2D eigenvalue weighted by Gasteiger charge is 2.14. The zero-order valence-corrected chi connectivity index (χ0v) is 13.1. The number of phenolic OH excluding ortho intramolecular Hbond substituents is 1. The van der Waals surface area contributed by atoms with Crippen LogP contribution in [0, 0.1) is 0 Å².